The van der Waals surface area contributed by atoms with Crippen LogP contribution >= 0.6 is 15.9 Å². The van der Waals surface area contributed by atoms with Crippen molar-refractivity contribution in [3.05, 3.63) is 68.9 Å². The first-order chi connectivity index (χ1) is 10.6. The lowest BCUT2D eigenvalue weighted by Crippen LogP contribution is -2.21. The van der Waals surface area contributed by atoms with E-state index in [0.29, 0.717) is 22.2 Å². The molecule has 0 saturated heterocycles. The fourth-order valence-electron chi connectivity index (χ4n) is 2.30. The van der Waals surface area contributed by atoms with E-state index in [-0.39, 0.29) is 17.9 Å². The topological polar surface area (TPSA) is 44.1 Å². The van der Waals surface area contributed by atoms with Gasteiger partial charge in [0, 0.05) is 10.0 Å². The fourth-order valence-corrected chi connectivity index (χ4v) is 2.66. The Morgan fingerprint density at radius 3 is 2.86 bits per heavy atom. The molecule has 3 rings (SSSR count). The lowest BCUT2D eigenvalue weighted by atomic mass is 10.2. The molecule has 0 amide bonds. The summed E-state index contributed by atoms with van der Waals surface area (Å²) in [5.74, 6) is 0.156. The number of fused-ring (bicyclic) bond motifs is 1. The minimum atomic E-state index is -0.375. The fraction of sp³-hybridized carbons (Fsp3) is 0.125. The molecule has 0 atom stereocenters. The Hall–Kier alpha value is -2.21. The first-order valence-electron chi connectivity index (χ1n) is 6.55. The second kappa shape index (κ2) is 5.88. The second-order valence-corrected chi connectivity index (χ2v) is 5.71. The van der Waals surface area contributed by atoms with Gasteiger partial charge in [-0.2, -0.15) is 0 Å². The lowest BCUT2D eigenvalue weighted by Gasteiger charge is -2.11. The van der Waals surface area contributed by atoms with E-state index in [2.05, 4.69) is 20.9 Å². The maximum Gasteiger partial charge on any atom is 0.261 e. The molecule has 0 spiro atoms. The molecular weight excluding hydrogens is 351 g/mol. The molecule has 1 aromatic heterocycles. The maximum atomic E-state index is 13.4. The molecule has 4 nitrogen and oxygen atoms in total. The number of hydrogen-bond acceptors (Lipinski definition) is 3. The Balaban J connectivity index is 2.10. The van der Waals surface area contributed by atoms with Crippen molar-refractivity contribution >= 4 is 26.8 Å². The van der Waals surface area contributed by atoms with Crippen LogP contribution in [0.25, 0.3) is 10.9 Å². The molecule has 0 bridgehead atoms. The van der Waals surface area contributed by atoms with Crippen molar-refractivity contribution in [3.8, 4) is 5.75 Å². The quantitative estimate of drug-likeness (QED) is 0.717. The zero-order valence-electron chi connectivity index (χ0n) is 11.7. The predicted octanol–water partition coefficient (Wildman–Crippen LogP) is 3.36. The molecule has 0 N–H and O–H groups in total. The summed E-state index contributed by atoms with van der Waals surface area (Å²) < 4.78 is 20.9. The van der Waals surface area contributed by atoms with Gasteiger partial charge in [0.15, 0.2) is 0 Å². The van der Waals surface area contributed by atoms with Crippen LogP contribution < -0.4 is 10.3 Å². The maximum absolute atomic E-state index is 13.4. The van der Waals surface area contributed by atoms with E-state index >= 15 is 0 Å². The molecular formula is C16H12BrFN2O2. The van der Waals surface area contributed by atoms with Crippen molar-refractivity contribution in [2.45, 2.75) is 6.54 Å². The van der Waals surface area contributed by atoms with Crippen molar-refractivity contribution in [2.24, 2.45) is 0 Å². The summed E-state index contributed by atoms with van der Waals surface area (Å²) >= 11 is 3.34. The van der Waals surface area contributed by atoms with Crippen LogP contribution in [0.4, 0.5) is 4.39 Å². The first-order valence-corrected chi connectivity index (χ1v) is 7.35. The van der Waals surface area contributed by atoms with Crippen LogP contribution in [0.15, 0.2) is 52.0 Å². The average Bonchev–Trinajstić information content (AvgIpc) is 2.51. The zero-order valence-corrected chi connectivity index (χ0v) is 13.3. The molecule has 0 aliphatic heterocycles. The van der Waals surface area contributed by atoms with Crippen molar-refractivity contribution in [3.63, 3.8) is 0 Å². The molecule has 0 unspecified atom stereocenters. The number of hydrogen-bond donors (Lipinski definition) is 0. The normalized spacial score (nSPS) is 10.9. The van der Waals surface area contributed by atoms with Gasteiger partial charge in [-0.25, -0.2) is 9.37 Å². The van der Waals surface area contributed by atoms with Crippen LogP contribution in [-0.2, 0) is 6.54 Å². The van der Waals surface area contributed by atoms with E-state index < -0.39 is 0 Å². The van der Waals surface area contributed by atoms with Gasteiger partial charge >= 0.3 is 0 Å². The smallest absolute Gasteiger partial charge is 0.261 e. The summed E-state index contributed by atoms with van der Waals surface area (Å²) in [5.41, 5.74) is 1.02. The first kappa shape index (κ1) is 14.7. The van der Waals surface area contributed by atoms with E-state index in [0.717, 1.165) is 4.47 Å². The molecule has 112 valence electrons. The Morgan fingerprint density at radius 2 is 2.09 bits per heavy atom. The number of benzene rings is 2. The SMILES string of the molecule is COc1ccc(F)cc1Cn1cnc2ccc(Br)cc2c1=O. The van der Waals surface area contributed by atoms with Crippen molar-refractivity contribution in [2.75, 3.05) is 7.11 Å². The molecule has 0 aliphatic carbocycles. The molecule has 0 saturated carbocycles. The summed E-state index contributed by atoms with van der Waals surface area (Å²) in [6.07, 6.45) is 1.46. The Labute approximate surface area is 134 Å². The molecule has 0 radical (unpaired) electrons. The molecule has 2 aromatic carbocycles. The summed E-state index contributed by atoms with van der Waals surface area (Å²) in [7, 11) is 1.51. The number of halogens is 2. The largest absolute Gasteiger partial charge is 0.496 e. The van der Waals surface area contributed by atoms with Gasteiger partial charge in [-0.05, 0) is 36.4 Å². The highest BCUT2D eigenvalue weighted by atomic mass is 79.9. The second-order valence-electron chi connectivity index (χ2n) is 4.80. The molecule has 0 fully saturated rings. The number of rotatable bonds is 3. The summed E-state index contributed by atoms with van der Waals surface area (Å²) in [6.45, 7) is 0.190. The van der Waals surface area contributed by atoms with Crippen LogP contribution in [-0.4, -0.2) is 16.7 Å². The highest BCUT2D eigenvalue weighted by molar-refractivity contribution is 9.10. The van der Waals surface area contributed by atoms with Crippen LogP contribution in [0.2, 0.25) is 0 Å². The minimum Gasteiger partial charge on any atom is -0.496 e. The van der Waals surface area contributed by atoms with Crippen molar-refractivity contribution in [1.29, 1.82) is 0 Å². The van der Waals surface area contributed by atoms with Gasteiger partial charge in [0.2, 0.25) is 0 Å². The lowest BCUT2D eigenvalue weighted by molar-refractivity contribution is 0.406. The monoisotopic (exact) mass is 362 g/mol. The average molecular weight is 363 g/mol. The zero-order chi connectivity index (χ0) is 15.7. The third-order valence-corrected chi connectivity index (χ3v) is 3.86. The van der Waals surface area contributed by atoms with E-state index in [9.17, 15) is 9.18 Å². The van der Waals surface area contributed by atoms with Crippen LogP contribution in [0.5, 0.6) is 5.75 Å². The molecule has 22 heavy (non-hydrogen) atoms. The number of methoxy groups -OCH3 is 1. The molecule has 1 heterocycles. The Kier molecular flexibility index (Phi) is 3.94. The molecule has 0 aliphatic rings. The Bertz CT molecular complexity index is 908. The van der Waals surface area contributed by atoms with Gasteiger partial charge < -0.3 is 4.74 Å². The van der Waals surface area contributed by atoms with Gasteiger partial charge in [0.05, 0.1) is 30.9 Å². The number of ether oxygens (including phenoxy) is 1. The highest BCUT2D eigenvalue weighted by Crippen LogP contribution is 2.20. The highest BCUT2D eigenvalue weighted by Gasteiger charge is 2.09. The van der Waals surface area contributed by atoms with Gasteiger partial charge in [0.25, 0.3) is 5.56 Å². The van der Waals surface area contributed by atoms with Gasteiger partial charge in [0.1, 0.15) is 11.6 Å². The molecule has 6 heteroatoms. The third-order valence-electron chi connectivity index (χ3n) is 3.37. The van der Waals surface area contributed by atoms with E-state index in [4.69, 9.17) is 4.74 Å². The van der Waals surface area contributed by atoms with Gasteiger partial charge in [-0.3, -0.25) is 9.36 Å². The van der Waals surface area contributed by atoms with Gasteiger partial charge in [-0.1, -0.05) is 15.9 Å². The van der Waals surface area contributed by atoms with E-state index in [1.54, 1.807) is 18.2 Å². The Morgan fingerprint density at radius 1 is 1.27 bits per heavy atom. The van der Waals surface area contributed by atoms with E-state index in [1.165, 1.54) is 30.1 Å². The van der Waals surface area contributed by atoms with Gasteiger partial charge in [-0.15, -0.1) is 0 Å². The van der Waals surface area contributed by atoms with Crippen LogP contribution in [0.1, 0.15) is 5.56 Å². The number of aromatic nitrogens is 2. The predicted molar refractivity (Wildman–Crippen MR) is 85.8 cm³/mol. The third kappa shape index (κ3) is 2.74. The molecule has 3 aromatic rings. The van der Waals surface area contributed by atoms with Crippen LogP contribution in [0.3, 0.4) is 0 Å². The standard InChI is InChI=1S/C16H12BrFN2O2/c1-22-15-5-3-12(18)6-10(15)8-20-9-19-14-4-2-11(17)7-13(14)16(20)21/h2-7,9H,8H2,1H3. The summed E-state index contributed by atoms with van der Waals surface area (Å²) in [6, 6.07) is 9.55. The minimum absolute atomic E-state index is 0.183. The van der Waals surface area contributed by atoms with E-state index in [1.807, 2.05) is 6.07 Å². The summed E-state index contributed by atoms with van der Waals surface area (Å²) in [5, 5.41) is 0.507. The number of nitrogens with zero attached hydrogens (tertiary/aromatic N) is 2. The summed E-state index contributed by atoms with van der Waals surface area (Å²) in [4.78, 5) is 16.8. The van der Waals surface area contributed by atoms with Crippen molar-refractivity contribution in [1.82, 2.24) is 9.55 Å². The van der Waals surface area contributed by atoms with Crippen LogP contribution in [0, 0.1) is 5.82 Å². The van der Waals surface area contributed by atoms with Crippen molar-refractivity contribution < 1.29 is 9.13 Å².